The maximum atomic E-state index is 5.02. The molecule has 0 atom stereocenters. The average Bonchev–Trinajstić information content (AvgIpc) is 2.19. The molecule has 0 amide bonds. The lowest BCUT2D eigenvalue weighted by Gasteiger charge is -1.95. The van der Waals surface area contributed by atoms with Gasteiger partial charge in [0.15, 0.2) is 0 Å². The van der Waals surface area contributed by atoms with E-state index in [1.165, 1.54) is 0 Å². The Morgan fingerprint density at radius 1 is 1.31 bits per heavy atom. The van der Waals surface area contributed by atoms with Crippen LogP contribution in [0.15, 0.2) is 35.5 Å². The summed E-state index contributed by atoms with van der Waals surface area (Å²) >= 11 is 3.31. The molecule has 0 spiro atoms. The van der Waals surface area contributed by atoms with E-state index in [2.05, 4.69) is 21.1 Å². The van der Waals surface area contributed by atoms with E-state index < -0.39 is 0 Å². The van der Waals surface area contributed by atoms with Gasteiger partial charge in [-0.15, -0.1) is 0 Å². The van der Waals surface area contributed by atoms with Crippen molar-refractivity contribution in [3.63, 3.8) is 0 Å². The minimum Gasteiger partial charge on any atom is -0.396 e. The van der Waals surface area contributed by atoms with Gasteiger partial charge in [-0.2, -0.15) is 0 Å². The molecule has 0 unspecified atom stereocenters. The second-order valence-corrected chi connectivity index (χ2v) is 3.31. The highest BCUT2D eigenvalue weighted by molar-refractivity contribution is 9.09. The van der Waals surface area contributed by atoms with Gasteiger partial charge in [-0.1, -0.05) is 51.4 Å². The van der Waals surface area contributed by atoms with Crippen LogP contribution in [-0.2, 0) is 4.84 Å². The van der Waals surface area contributed by atoms with Gasteiger partial charge in [0.2, 0.25) is 0 Å². The number of benzene rings is 1. The molecule has 0 aliphatic rings. The van der Waals surface area contributed by atoms with E-state index in [1.54, 1.807) is 6.21 Å². The molecule has 0 aromatic heterocycles. The van der Waals surface area contributed by atoms with Gasteiger partial charge in [-0.3, -0.25) is 0 Å². The number of oxime groups is 1. The molecule has 0 bridgehead atoms. The van der Waals surface area contributed by atoms with Crippen LogP contribution in [0.25, 0.3) is 0 Å². The topological polar surface area (TPSA) is 21.6 Å². The zero-order chi connectivity index (χ0) is 9.36. The van der Waals surface area contributed by atoms with Gasteiger partial charge in [-0.05, 0) is 12.0 Å². The molecule has 0 aliphatic heterocycles. The van der Waals surface area contributed by atoms with Crippen molar-refractivity contribution < 1.29 is 4.84 Å². The van der Waals surface area contributed by atoms with Crippen molar-refractivity contribution in [3.05, 3.63) is 35.9 Å². The first-order valence-corrected chi connectivity index (χ1v) is 5.32. The minimum absolute atomic E-state index is 0.661. The normalized spacial score (nSPS) is 10.5. The number of rotatable bonds is 5. The molecule has 1 aromatic rings. The van der Waals surface area contributed by atoms with Crippen LogP contribution >= 0.6 is 15.9 Å². The molecule has 1 aromatic carbocycles. The van der Waals surface area contributed by atoms with Gasteiger partial charge in [0.1, 0.15) is 6.61 Å². The molecular formula is C10H12BrNO. The van der Waals surface area contributed by atoms with Crippen LogP contribution in [0.4, 0.5) is 0 Å². The third-order valence-corrected chi connectivity index (χ3v) is 2.01. The van der Waals surface area contributed by atoms with E-state index in [1.807, 2.05) is 30.3 Å². The standard InChI is InChI=1S/C10H12BrNO/c11-7-4-8-13-12-9-10-5-2-1-3-6-10/h1-3,5-6,9H,4,7-8H2/b12-9+. The molecule has 0 saturated heterocycles. The van der Waals surface area contributed by atoms with Gasteiger partial charge in [0.05, 0.1) is 6.21 Å². The van der Waals surface area contributed by atoms with E-state index in [0.29, 0.717) is 6.61 Å². The molecule has 1 rings (SSSR count). The summed E-state index contributed by atoms with van der Waals surface area (Å²) in [6.07, 6.45) is 2.69. The zero-order valence-corrected chi connectivity index (χ0v) is 8.90. The molecule has 0 fully saturated rings. The van der Waals surface area contributed by atoms with Gasteiger partial charge in [0.25, 0.3) is 0 Å². The summed E-state index contributed by atoms with van der Waals surface area (Å²) in [5.74, 6) is 0. The fourth-order valence-electron chi connectivity index (χ4n) is 0.809. The van der Waals surface area contributed by atoms with E-state index >= 15 is 0 Å². The smallest absolute Gasteiger partial charge is 0.118 e. The summed E-state index contributed by atoms with van der Waals surface area (Å²) in [7, 11) is 0. The van der Waals surface area contributed by atoms with Crippen molar-refractivity contribution in [2.24, 2.45) is 5.16 Å². The molecule has 2 nitrogen and oxygen atoms in total. The number of nitrogens with zero attached hydrogens (tertiary/aromatic N) is 1. The Kier molecular flexibility index (Phi) is 5.25. The fourth-order valence-corrected chi connectivity index (χ4v) is 1.04. The first-order chi connectivity index (χ1) is 6.43. The third kappa shape index (κ3) is 4.68. The van der Waals surface area contributed by atoms with E-state index in [0.717, 1.165) is 17.3 Å². The van der Waals surface area contributed by atoms with Gasteiger partial charge in [0, 0.05) is 5.33 Å². The highest BCUT2D eigenvalue weighted by Crippen LogP contribution is 1.94. The maximum Gasteiger partial charge on any atom is 0.118 e. The molecule has 13 heavy (non-hydrogen) atoms. The molecule has 0 heterocycles. The largest absolute Gasteiger partial charge is 0.396 e. The summed E-state index contributed by atoms with van der Waals surface area (Å²) in [6, 6.07) is 9.89. The van der Waals surface area contributed by atoms with Crippen molar-refractivity contribution >= 4 is 22.1 Å². The summed E-state index contributed by atoms with van der Waals surface area (Å²) in [5, 5.41) is 4.79. The lowest BCUT2D eigenvalue weighted by Crippen LogP contribution is -1.89. The van der Waals surface area contributed by atoms with Gasteiger partial charge in [-0.25, -0.2) is 0 Å². The predicted octanol–water partition coefficient (Wildman–Crippen LogP) is 2.82. The molecule has 0 saturated carbocycles. The van der Waals surface area contributed by atoms with Crippen LogP contribution < -0.4 is 0 Å². The van der Waals surface area contributed by atoms with E-state index in [9.17, 15) is 0 Å². The van der Waals surface area contributed by atoms with Crippen LogP contribution in [0.5, 0.6) is 0 Å². The lowest BCUT2D eigenvalue weighted by atomic mass is 10.2. The highest BCUT2D eigenvalue weighted by Gasteiger charge is 1.84. The Morgan fingerprint density at radius 2 is 2.08 bits per heavy atom. The summed E-state index contributed by atoms with van der Waals surface area (Å²) in [4.78, 5) is 5.02. The van der Waals surface area contributed by atoms with Crippen molar-refractivity contribution in [3.8, 4) is 0 Å². The summed E-state index contributed by atoms with van der Waals surface area (Å²) in [5.41, 5.74) is 1.06. The lowest BCUT2D eigenvalue weighted by molar-refractivity contribution is 0.147. The third-order valence-electron chi connectivity index (χ3n) is 1.45. The first kappa shape index (κ1) is 10.3. The molecule has 0 N–H and O–H groups in total. The minimum atomic E-state index is 0.661. The fraction of sp³-hybridized carbons (Fsp3) is 0.300. The molecule has 70 valence electrons. The molecule has 3 heteroatoms. The number of hydrogen-bond acceptors (Lipinski definition) is 2. The zero-order valence-electron chi connectivity index (χ0n) is 7.32. The van der Waals surface area contributed by atoms with Crippen LogP contribution in [0.2, 0.25) is 0 Å². The van der Waals surface area contributed by atoms with E-state index in [-0.39, 0.29) is 0 Å². The van der Waals surface area contributed by atoms with Crippen LogP contribution in [0.1, 0.15) is 12.0 Å². The van der Waals surface area contributed by atoms with Crippen LogP contribution in [0, 0.1) is 0 Å². The number of hydrogen-bond donors (Lipinski definition) is 0. The van der Waals surface area contributed by atoms with Crippen LogP contribution in [0.3, 0.4) is 0 Å². The predicted molar refractivity (Wildman–Crippen MR) is 58.4 cm³/mol. The van der Waals surface area contributed by atoms with Crippen molar-refractivity contribution in [1.29, 1.82) is 0 Å². The average molecular weight is 242 g/mol. The van der Waals surface area contributed by atoms with Crippen molar-refractivity contribution in [1.82, 2.24) is 0 Å². The van der Waals surface area contributed by atoms with Crippen molar-refractivity contribution in [2.45, 2.75) is 6.42 Å². The Balaban J connectivity index is 2.25. The second-order valence-electron chi connectivity index (χ2n) is 2.52. The van der Waals surface area contributed by atoms with Gasteiger partial charge < -0.3 is 4.84 Å². The quantitative estimate of drug-likeness (QED) is 0.336. The number of alkyl halides is 1. The SMILES string of the molecule is BrCCCO/N=C/c1ccccc1. The van der Waals surface area contributed by atoms with Gasteiger partial charge >= 0.3 is 0 Å². The second kappa shape index (κ2) is 6.66. The monoisotopic (exact) mass is 241 g/mol. The molecule has 0 aliphatic carbocycles. The summed E-state index contributed by atoms with van der Waals surface area (Å²) in [6.45, 7) is 0.661. The van der Waals surface area contributed by atoms with E-state index in [4.69, 9.17) is 4.84 Å². The van der Waals surface area contributed by atoms with Crippen LogP contribution in [-0.4, -0.2) is 18.2 Å². The number of halogens is 1. The molecule has 0 radical (unpaired) electrons. The van der Waals surface area contributed by atoms with Crippen molar-refractivity contribution in [2.75, 3.05) is 11.9 Å². The maximum absolute atomic E-state index is 5.02. The Bertz CT molecular complexity index is 248. The first-order valence-electron chi connectivity index (χ1n) is 4.20. The summed E-state index contributed by atoms with van der Waals surface area (Å²) < 4.78 is 0. The Morgan fingerprint density at radius 3 is 2.77 bits per heavy atom. The Labute approximate surface area is 86.7 Å². The Hall–Kier alpha value is -0.830. The highest BCUT2D eigenvalue weighted by atomic mass is 79.9. The molecular weight excluding hydrogens is 230 g/mol.